The van der Waals surface area contributed by atoms with Gasteiger partial charge in [0, 0.05) is 19.3 Å². The summed E-state index contributed by atoms with van der Waals surface area (Å²) in [5, 5.41) is 8.53. The third-order valence-corrected chi connectivity index (χ3v) is 4.31. The largest absolute Gasteiger partial charge is 0.462 e. The second-order valence-electron chi connectivity index (χ2n) is 5.34. The molecule has 0 spiro atoms. The molecule has 1 aromatic carbocycles. The first-order valence-corrected chi connectivity index (χ1v) is 8.74. The van der Waals surface area contributed by atoms with Crippen LogP contribution in [0.25, 0.3) is 0 Å². The first-order chi connectivity index (χ1) is 12.0. The number of hydrogen-bond donors (Lipinski definition) is 1. The number of carbonyl (C=O) groups is 1. The number of halogens is 1. The van der Waals surface area contributed by atoms with Gasteiger partial charge in [-0.25, -0.2) is 4.79 Å². The van der Waals surface area contributed by atoms with Crippen LogP contribution in [-0.4, -0.2) is 39.4 Å². The molecule has 1 heterocycles. The Hall–Kier alpha value is -2.12. The van der Waals surface area contributed by atoms with Crippen LogP contribution in [0.15, 0.2) is 30.5 Å². The molecule has 0 amide bonds. The number of esters is 1. The summed E-state index contributed by atoms with van der Waals surface area (Å²) in [6.07, 6.45) is 1.64. The number of hydrogen-bond acceptors (Lipinski definition) is 4. The molecule has 134 valence electrons. The van der Waals surface area contributed by atoms with Gasteiger partial charge < -0.3 is 15.0 Å². The Morgan fingerprint density at radius 3 is 2.64 bits per heavy atom. The molecule has 25 heavy (non-hydrogen) atoms. The monoisotopic (exact) mass is 380 g/mol. The lowest BCUT2D eigenvalue weighted by molar-refractivity contribution is 0.0526. The summed E-state index contributed by atoms with van der Waals surface area (Å²) in [5.41, 5.74) is 2.21. The van der Waals surface area contributed by atoms with E-state index in [1.165, 1.54) is 0 Å². The van der Waals surface area contributed by atoms with E-state index in [0.29, 0.717) is 28.9 Å². The van der Waals surface area contributed by atoms with Gasteiger partial charge in [0.2, 0.25) is 0 Å². The number of aromatic nitrogens is 2. The van der Waals surface area contributed by atoms with Crippen LogP contribution in [-0.2, 0) is 17.8 Å². The minimum atomic E-state index is -0.337. The fraction of sp³-hybridized carbons (Fsp3) is 0.353. The highest BCUT2D eigenvalue weighted by Crippen LogP contribution is 2.18. The minimum Gasteiger partial charge on any atom is -0.462 e. The Morgan fingerprint density at radius 2 is 2.04 bits per heavy atom. The number of nitrogens with one attached hydrogen (secondary N) is 1. The van der Waals surface area contributed by atoms with Crippen molar-refractivity contribution in [1.82, 2.24) is 14.7 Å². The van der Waals surface area contributed by atoms with Gasteiger partial charge >= 0.3 is 5.97 Å². The highest BCUT2D eigenvalue weighted by Gasteiger charge is 2.13. The van der Waals surface area contributed by atoms with Crippen molar-refractivity contribution < 1.29 is 9.53 Å². The first kappa shape index (κ1) is 19.2. The summed E-state index contributed by atoms with van der Waals surface area (Å²) in [6.45, 7) is 5.42. The van der Waals surface area contributed by atoms with E-state index in [4.69, 9.17) is 28.6 Å². The maximum absolute atomic E-state index is 11.7. The Bertz CT molecular complexity index is 746. The Morgan fingerprint density at radius 1 is 1.36 bits per heavy atom. The lowest BCUT2D eigenvalue weighted by Crippen LogP contribution is -2.31. The van der Waals surface area contributed by atoms with Gasteiger partial charge in [0.25, 0.3) is 0 Å². The molecular weight excluding hydrogens is 360 g/mol. The van der Waals surface area contributed by atoms with Crippen LogP contribution in [0.5, 0.6) is 0 Å². The van der Waals surface area contributed by atoms with Crippen molar-refractivity contribution in [3.63, 3.8) is 0 Å². The summed E-state index contributed by atoms with van der Waals surface area (Å²) < 4.78 is 6.81. The topological polar surface area (TPSA) is 59.4 Å². The number of rotatable bonds is 6. The fourth-order valence-electron chi connectivity index (χ4n) is 2.24. The van der Waals surface area contributed by atoms with Crippen LogP contribution in [0.2, 0.25) is 5.02 Å². The van der Waals surface area contributed by atoms with Crippen molar-refractivity contribution in [3.05, 3.63) is 46.7 Å². The predicted molar refractivity (Wildman–Crippen MR) is 103 cm³/mol. The number of ether oxygens (including phenoxy) is 1. The highest BCUT2D eigenvalue weighted by molar-refractivity contribution is 7.80. The molecule has 8 heteroatoms. The van der Waals surface area contributed by atoms with Gasteiger partial charge in [-0.3, -0.25) is 4.68 Å². The molecule has 0 bridgehead atoms. The summed E-state index contributed by atoms with van der Waals surface area (Å²) >= 11 is 11.6. The van der Waals surface area contributed by atoms with Gasteiger partial charge in [-0.05, 0) is 50.3 Å². The van der Waals surface area contributed by atoms with Crippen LogP contribution in [0.4, 0.5) is 5.69 Å². The number of nitrogens with zero attached hydrogens (tertiary/aromatic N) is 3. The van der Waals surface area contributed by atoms with E-state index in [9.17, 15) is 4.79 Å². The van der Waals surface area contributed by atoms with E-state index in [1.54, 1.807) is 37.4 Å². The van der Waals surface area contributed by atoms with Gasteiger partial charge in [0.15, 0.2) is 5.11 Å². The van der Waals surface area contributed by atoms with E-state index >= 15 is 0 Å². The van der Waals surface area contributed by atoms with Gasteiger partial charge in [0.1, 0.15) is 0 Å². The SMILES string of the molecule is CCOC(=O)c1ccc(NC(=S)N(C)Cc2c(Cl)cnn2CC)cc1. The Kier molecular flexibility index (Phi) is 6.78. The number of aryl methyl sites for hydroxylation is 1. The van der Waals surface area contributed by atoms with Crippen LogP contribution < -0.4 is 5.32 Å². The molecule has 0 fully saturated rings. The second-order valence-corrected chi connectivity index (χ2v) is 6.13. The molecule has 6 nitrogen and oxygen atoms in total. The van der Waals surface area contributed by atoms with Crippen molar-refractivity contribution >= 4 is 40.6 Å². The standard InChI is InChI=1S/C17H21ClN4O2S/c1-4-22-15(14(18)10-19-22)11-21(3)17(25)20-13-8-6-12(7-9-13)16(23)24-5-2/h6-10H,4-5,11H2,1-3H3,(H,20,25). The first-order valence-electron chi connectivity index (χ1n) is 7.95. The Labute approximate surface area is 157 Å². The van der Waals surface area contributed by atoms with Crippen LogP contribution in [0, 0.1) is 0 Å². The molecule has 0 aliphatic rings. The van der Waals surface area contributed by atoms with Crippen LogP contribution >= 0.6 is 23.8 Å². The van der Waals surface area contributed by atoms with E-state index in [2.05, 4.69) is 10.4 Å². The van der Waals surface area contributed by atoms with Crippen molar-refractivity contribution in [2.75, 3.05) is 19.0 Å². The maximum atomic E-state index is 11.7. The van der Waals surface area contributed by atoms with Gasteiger partial charge in [-0.2, -0.15) is 5.10 Å². The van der Waals surface area contributed by atoms with Crippen molar-refractivity contribution in [2.24, 2.45) is 0 Å². The molecular formula is C17H21ClN4O2S. The third kappa shape index (κ3) is 4.93. The molecule has 0 saturated carbocycles. The average Bonchev–Trinajstić information content (AvgIpc) is 2.95. The zero-order valence-corrected chi connectivity index (χ0v) is 16.0. The van der Waals surface area contributed by atoms with Crippen molar-refractivity contribution in [1.29, 1.82) is 0 Å². The molecule has 1 N–H and O–H groups in total. The average molecular weight is 381 g/mol. The smallest absolute Gasteiger partial charge is 0.338 e. The number of anilines is 1. The van der Waals surface area contributed by atoms with E-state index in [1.807, 2.05) is 23.6 Å². The van der Waals surface area contributed by atoms with Gasteiger partial charge in [-0.15, -0.1) is 0 Å². The molecule has 0 saturated heterocycles. The predicted octanol–water partition coefficient (Wildman–Crippen LogP) is 3.56. The normalized spacial score (nSPS) is 10.4. The zero-order valence-electron chi connectivity index (χ0n) is 14.5. The van der Waals surface area contributed by atoms with Crippen LogP contribution in [0.1, 0.15) is 29.9 Å². The van der Waals surface area contributed by atoms with E-state index < -0.39 is 0 Å². The molecule has 0 atom stereocenters. The van der Waals surface area contributed by atoms with Crippen molar-refractivity contribution in [2.45, 2.75) is 26.9 Å². The summed E-state index contributed by atoms with van der Waals surface area (Å²) in [7, 11) is 1.88. The molecule has 0 aliphatic heterocycles. The third-order valence-electron chi connectivity index (χ3n) is 3.58. The van der Waals surface area contributed by atoms with Gasteiger partial charge in [-0.1, -0.05) is 11.6 Å². The second kappa shape index (κ2) is 8.82. The molecule has 0 unspecified atom stereocenters. The lowest BCUT2D eigenvalue weighted by atomic mass is 10.2. The molecule has 0 aliphatic carbocycles. The number of benzene rings is 1. The van der Waals surface area contributed by atoms with Crippen LogP contribution in [0.3, 0.4) is 0 Å². The Balaban J connectivity index is 1.99. The van der Waals surface area contributed by atoms with Crippen molar-refractivity contribution in [3.8, 4) is 0 Å². The minimum absolute atomic E-state index is 0.337. The summed E-state index contributed by atoms with van der Waals surface area (Å²) in [6, 6.07) is 6.98. The van der Waals surface area contributed by atoms with E-state index in [0.717, 1.165) is 17.9 Å². The molecule has 2 aromatic rings. The fourth-order valence-corrected chi connectivity index (χ4v) is 2.62. The molecule has 2 rings (SSSR count). The van der Waals surface area contributed by atoms with E-state index in [-0.39, 0.29) is 5.97 Å². The van der Waals surface area contributed by atoms with Gasteiger partial charge in [0.05, 0.1) is 35.6 Å². The molecule has 1 aromatic heterocycles. The molecule has 0 radical (unpaired) electrons. The maximum Gasteiger partial charge on any atom is 0.338 e. The quantitative estimate of drug-likeness (QED) is 0.610. The number of thiocarbonyl (C=S) groups is 1. The lowest BCUT2D eigenvalue weighted by Gasteiger charge is -2.21. The zero-order chi connectivity index (χ0) is 18.4. The summed E-state index contributed by atoms with van der Waals surface area (Å²) in [4.78, 5) is 13.5. The highest BCUT2D eigenvalue weighted by atomic mass is 35.5. The number of carbonyl (C=O) groups excluding carboxylic acids is 1. The summed E-state index contributed by atoms with van der Waals surface area (Å²) in [5.74, 6) is -0.337.